The van der Waals surface area contributed by atoms with Gasteiger partial charge < -0.3 is 10.4 Å². The summed E-state index contributed by atoms with van der Waals surface area (Å²) in [6, 6.07) is 14.3. The van der Waals surface area contributed by atoms with Crippen LogP contribution in [-0.2, 0) is 17.1 Å². The number of para-hydroxylation sites is 2. The molecule has 1 amide bonds. The number of aromatic hydroxyl groups is 1. The minimum absolute atomic E-state index is 0.144. The Bertz CT molecular complexity index is 1150. The van der Waals surface area contributed by atoms with Gasteiger partial charge in [0, 0.05) is 6.08 Å². The molecule has 0 aliphatic heterocycles. The summed E-state index contributed by atoms with van der Waals surface area (Å²) in [5.41, 5.74) is -0.667. The maximum Gasteiger partial charge on any atom is 0.416 e. The molecule has 0 unspecified atom stereocenters. The number of alkyl halides is 6. The third-order valence-electron chi connectivity index (χ3n) is 4.72. The highest BCUT2D eigenvalue weighted by Gasteiger charge is 2.31. The molecule has 0 saturated carbocycles. The molecular formula is C25H17F6NO2. The Balaban J connectivity index is 1.92. The number of amides is 1. The molecule has 0 aliphatic carbocycles. The predicted octanol–water partition coefficient (Wildman–Crippen LogP) is 7.06. The third kappa shape index (κ3) is 6.28. The molecule has 176 valence electrons. The average molecular weight is 477 g/mol. The van der Waals surface area contributed by atoms with Crippen molar-refractivity contribution in [1.29, 1.82) is 0 Å². The number of carbonyl (C=O) groups excluding carboxylic acids is 1. The van der Waals surface area contributed by atoms with Crippen molar-refractivity contribution in [2.45, 2.75) is 12.4 Å². The van der Waals surface area contributed by atoms with Crippen molar-refractivity contribution in [1.82, 2.24) is 0 Å². The summed E-state index contributed by atoms with van der Waals surface area (Å²) in [4.78, 5) is 12.1. The van der Waals surface area contributed by atoms with Gasteiger partial charge in [-0.15, -0.1) is 0 Å². The van der Waals surface area contributed by atoms with E-state index in [9.17, 15) is 36.2 Å². The van der Waals surface area contributed by atoms with Crippen molar-refractivity contribution < 1.29 is 36.2 Å². The van der Waals surface area contributed by atoms with E-state index >= 15 is 0 Å². The van der Waals surface area contributed by atoms with Crippen molar-refractivity contribution in [2.75, 3.05) is 5.32 Å². The number of rotatable bonds is 5. The van der Waals surface area contributed by atoms with Crippen molar-refractivity contribution in [3.8, 4) is 5.75 Å². The summed E-state index contributed by atoms with van der Waals surface area (Å²) in [5, 5.41) is 12.2. The summed E-state index contributed by atoms with van der Waals surface area (Å²) in [5.74, 6) is -0.744. The first kappa shape index (κ1) is 24.6. The van der Waals surface area contributed by atoms with Crippen molar-refractivity contribution in [3.05, 3.63) is 113 Å². The van der Waals surface area contributed by atoms with Crippen molar-refractivity contribution >= 4 is 17.2 Å². The average Bonchev–Trinajstić information content (AvgIpc) is 2.77. The quantitative estimate of drug-likeness (QED) is 0.179. The van der Waals surface area contributed by atoms with E-state index in [2.05, 4.69) is 5.32 Å². The lowest BCUT2D eigenvalue weighted by atomic mass is 9.95. The number of halogens is 6. The molecule has 3 rings (SSSR count). The Hall–Kier alpha value is -4.01. The monoisotopic (exact) mass is 477 g/mol. The molecule has 0 heterocycles. The van der Waals surface area contributed by atoms with E-state index in [-0.39, 0.29) is 11.4 Å². The molecule has 0 radical (unpaired) electrons. The first-order valence-electron chi connectivity index (χ1n) is 9.78. The Labute approximate surface area is 190 Å². The molecule has 0 atom stereocenters. The minimum atomic E-state index is -4.54. The third-order valence-corrected chi connectivity index (χ3v) is 4.72. The number of phenolic OH excluding ortho intramolecular Hbond substituents is 1. The Morgan fingerprint density at radius 2 is 1.21 bits per heavy atom. The van der Waals surface area contributed by atoms with E-state index in [1.54, 1.807) is 12.1 Å². The standard InChI is InChI=1S/C25H17F6NO2/c26-24(27,28)18-12-8-16(9-13-18)20(17-10-14-19(15-11-17)25(29,30)31)4-3-7-23(34)32-21-5-1-2-6-22(21)33/h1-15,33H,(H,32,34). The van der Waals surface area contributed by atoms with Gasteiger partial charge in [0.05, 0.1) is 16.8 Å². The largest absolute Gasteiger partial charge is 0.506 e. The van der Waals surface area contributed by atoms with Crippen LogP contribution in [0.15, 0.2) is 91.0 Å². The van der Waals surface area contributed by atoms with Crippen LogP contribution in [0, 0.1) is 0 Å². The highest BCUT2D eigenvalue weighted by molar-refractivity contribution is 6.00. The number of phenols is 1. The van der Waals surface area contributed by atoms with Gasteiger partial charge in [-0.25, -0.2) is 0 Å². The van der Waals surface area contributed by atoms with Crippen LogP contribution in [0.3, 0.4) is 0 Å². The highest BCUT2D eigenvalue weighted by atomic mass is 19.4. The Morgan fingerprint density at radius 1 is 0.735 bits per heavy atom. The van der Waals surface area contributed by atoms with Gasteiger partial charge in [-0.3, -0.25) is 4.79 Å². The topological polar surface area (TPSA) is 49.3 Å². The molecule has 0 aromatic heterocycles. The zero-order valence-electron chi connectivity index (χ0n) is 17.3. The second-order valence-electron chi connectivity index (χ2n) is 7.10. The van der Waals surface area contributed by atoms with E-state index in [1.807, 2.05) is 0 Å². The second-order valence-corrected chi connectivity index (χ2v) is 7.10. The second kappa shape index (κ2) is 9.86. The lowest BCUT2D eigenvalue weighted by Gasteiger charge is -2.12. The van der Waals surface area contributed by atoms with Crippen molar-refractivity contribution in [2.24, 2.45) is 0 Å². The Morgan fingerprint density at radius 3 is 1.65 bits per heavy atom. The number of allylic oxidation sites excluding steroid dienone is 2. The highest BCUT2D eigenvalue weighted by Crippen LogP contribution is 2.33. The van der Waals surface area contributed by atoms with Crippen LogP contribution in [0.2, 0.25) is 0 Å². The summed E-state index contributed by atoms with van der Waals surface area (Å²) < 4.78 is 77.4. The zero-order chi connectivity index (χ0) is 24.9. The van der Waals surface area contributed by atoms with Gasteiger partial charge in [-0.2, -0.15) is 26.3 Å². The zero-order valence-corrected chi connectivity index (χ0v) is 17.3. The fraction of sp³-hybridized carbons (Fsp3) is 0.0800. The molecular weight excluding hydrogens is 460 g/mol. The number of carbonyl (C=O) groups is 1. The number of hydrogen-bond acceptors (Lipinski definition) is 2. The van der Waals surface area contributed by atoms with Gasteiger partial charge in [0.1, 0.15) is 5.75 Å². The van der Waals surface area contributed by atoms with Crippen LogP contribution in [0.1, 0.15) is 22.3 Å². The molecule has 0 aliphatic rings. The van der Waals surface area contributed by atoms with Gasteiger partial charge in [0.25, 0.3) is 0 Å². The molecule has 3 aromatic carbocycles. The lowest BCUT2D eigenvalue weighted by molar-refractivity contribution is -0.138. The molecule has 3 nitrogen and oxygen atoms in total. The number of anilines is 1. The van der Waals surface area contributed by atoms with Crippen LogP contribution in [0.4, 0.5) is 32.0 Å². The summed E-state index contributed by atoms with van der Waals surface area (Å²) in [7, 11) is 0. The smallest absolute Gasteiger partial charge is 0.416 e. The number of benzene rings is 3. The Kier molecular flexibility index (Phi) is 7.14. The molecule has 0 spiro atoms. The maximum atomic E-state index is 12.9. The first-order valence-corrected chi connectivity index (χ1v) is 9.78. The number of nitrogens with one attached hydrogen (secondary N) is 1. The van der Waals surface area contributed by atoms with Crippen LogP contribution in [0.25, 0.3) is 5.57 Å². The predicted molar refractivity (Wildman–Crippen MR) is 116 cm³/mol. The first-order chi connectivity index (χ1) is 15.9. The molecule has 2 N–H and O–H groups in total. The van der Waals surface area contributed by atoms with Crippen LogP contribution in [0.5, 0.6) is 5.75 Å². The summed E-state index contributed by atoms with van der Waals surface area (Å²) in [6.45, 7) is 0. The van der Waals surface area contributed by atoms with Gasteiger partial charge in [0.15, 0.2) is 0 Å². The van der Waals surface area contributed by atoms with Crippen LogP contribution < -0.4 is 5.32 Å². The lowest BCUT2D eigenvalue weighted by Crippen LogP contribution is -2.07. The van der Waals surface area contributed by atoms with E-state index in [0.29, 0.717) is 16.7 Å². The molecule has 0 bridgehead atoms. The van der Waals surface area contributed by atoms with Gasteiger partial charge in [0.2, 0.25) is 5.91 Å². The summed E-state index contributed by atoms with van der Waals surface area (Å²) in [6.07, 6.45) is -5.27. The van der Waals surface area contributed by atoms with Crippen molar-refractivity contribution in [3.63, 3.8) is 0 Å². The number of hydrogen-bond donors (Lipinski definition) is 2. The maximum absolute atomic E-state index is 12.9. The van der Waals surface area contributed by atoms with E-state index in [0.717, 1.165) is 30.3 Å². The molecule has 3 aromatic rings. The fourth-order valence-electron chi connectivity index (χ4n) is 3.02. The van der Waals surface area contributed by atoms with E-state index in [1.165, 1.54) is 48.6 Å². The van der Waals surface area contributed by atoms with E-state index in [4.69, 9.17) is 0 Å². The van der Waals surface area contributed by atoms with Crippen LogP contribution >= 0.6 is 0 Å². The fourth-order valence-corrected chi connectivity index (χ4v) is 3.02. The van der Waals surface area contributed by atoms with Gasteiger partial charge in [-0.1, -0.05) is 48.6 Å². The molecule has 0 saturated heterocycles. The van der Waals surface area contributed by atoms with Gasteiger partial charge >= 0.3 is 12.4 Å². The SMILES string of the molecule is O=C(C=CC=C(c1ccc(C(F)(F)F)cc1)c1ccc(C(F)(F)F)cc1)Nc1ccccc1O. The minimum Gasteiger partial charge on any atom is -0.506 e. The van der Waals surface area contributed by atoms with E-state index < -0.39 is 29.4 Å². The van der Waals surface area contributed by atoms with Gasteiger partial charge in [-0.05, 0) is 53.1 Å². The molecule has 0 fully saturated rings. The summed E-state index contributed by atoms with van der Waals surface area (Å²) >= 11 is 0. The molecule has 34 heavy (non-hydrogen) atoms. The van der Waals surface area contributed by atoms with Crippen LogP contribution in [-0.4, -0.2) is 11.0 Å². The molecule has 9 heteroatoms. The normalized spacial score (nSPS) is 11.9.